The van der Waals surface area contributed by atoms with E-state index in [-0.39, 0.29) is 29.4 Å². The van der Waals surface area contributed by atoms with Crippen LogP contribution in [-0.2, 0) is 15.1 Å². The Bertz CT molecular complexity index is 552. The fourth-order valence-electron chi connectivity index (χ4n) is 4.41. The first-order chi connectivity index (χ1) is 11.6. The number of hydrogen-bond donors (Lipinski definition) is 1. The Hall–Kier alpha value is -1.39. The highest BCUT2D eigenvalue weighted by Crippen LogP contribution is 2.51. The molecule has 1 heterocycles. The van der Waals surface area contributed by atoms with E-state index in [0.717, 1.165) is 38.8 Å². The van der Waals surface area contributed by atoms with Gasteiger partial charge in [-0.05, 0) is 37.7 Å². The van der Waals surface area contributed by atoms with Crippen LogP contribution in [0.4, 0.5) is 0 Å². The summed E-state index contributed by atoms with van der Waals surface area (Å²) in [5, 5.41) is 9.33. The molecular weight excluding hydrogens is 302 g/mol. The van der Waals surface area contributed by atoms with Crippen LogP contribution in [0.2, 0.25) is 0 Å². The molecule has 0 unspecified atom stereocenters. The lowest BCUT2D eigenvalue weighted by Gasteiger charge is -2.56. The lowest BCUT2D eigenvalue weighted by Crippen LogP contribution is -2.62. The third-order valence-corrected chi connectivity index (χ3v) is 6.24. The van der Waals surface area contributed by atoms with Crippen LogP contribution < -0.4 is 0 Å². The van der Waals surface area contributed by atoms with Gasteiger partial charge in [0.15, 0.2) is 0 Å². The molecule has 1 aromatic rings. The molecule has 1 N–H and O–H groups in total. The first-order valence-corrected chi connectivity index (χ1v) is 9.08. The summed E-state index contributed by atoms with van der Waals surface area (Å²) in [6, 6.07) is 10.5. The fourth-order valence-corrected chi connectivity index (χ4v) is 4.41. The van der Waals surface area contributed by atoms with Crippen molar-refractivity contribution in [3.8, 4) is 0 Å². The third kappa shape index (κ3) is 2.98. The molecule has 1 amide bonds. The topological polar surface area (TPSA) is 49.8 Å². The Morgan fingerprint density at radius 3 is 2.33 bits per heavy atom. The molecule has 4 nitrogen and oxygen atoms in total. The largest absolute Gasteiger partial charge is 0.396 e. The number of carbonyl (C=O) groups is 1. The summed E-state index contributed by atoms with van der Waals surface area (Å²) >= 11 is 0. The van der Waals surface area contributed by atoms with Crippen molar-refractivity contribution in [1.82, 2.24) is 4.90 Å². The number of hydrogen-bond acceptors (Lipinski definition) is 3. The van der Waals surface area contributed by atoms with Crippen LogP contribution in [0.25, 0.3) is 0 Å². The number of rotatable bonds is 5. The van der Waals surface area contributed by atoms with Gasteiger partial charge in [0.25, 0.3) is 0 Å². The second-order valence-electron chi connectivity index (χ2n) is 7.55. The van der Waals surface area contributed by atoms with Crippen molar-refractivity contribution in [3.63, 3.8) is 0 Å². The second-order valence-corrected chi connectivity index (χ2v) is 7.55. The molecule has 1 aliphatic carbocycles. The van der Waals surface area contributed by atoms with Crippen LogP contribution in [0.5, 0.6) is 0 Å². The Morgan fingerprint density at radius 1 is 1.21 bits per heavy atom. The summed E-state index contributed by atoms with van der Waals surface area (Å²) in [4.78, 5) is 14.3. The maximum atomic E-state index is 12.4. The van der Waals surface area contributed by atoms with E-state index in [4.69, 9.17) is 4.74 Å². The van der Waals surface area contributed by atoms with Crippen molar-refractivity contribution in [2.45, 2.75) is 44.6 Å². The predicted octanol–water partition coefficient (Wildman–Crippen LogP) is 2.95. The smallest absolute Gasteiger partial charge is 0.228 e. The number of aliphatic hydroxyl groups excluding tert-OH is 1. The molecule has 4 heteroatoms. The molecule has 0 radical (unpaired) electrons. The van der Waals surface area contributed by atoms with Crippen molar-refractivity contribution in [3.05, 3.63) is 35.9 Å². The lowest BCUT2D eigenvalue weighted by molar-refractivity contribution is -0.158. The Kier molecular flexibility index (Phi) is 4.97. The van der Waals surface area contributed by atoms with Crippen LogP contribution >= 0.6 is 0 Å². The fraction of sp³-hybridized carbons (Fsp3) is 0.650. The molecular formula is C20H29NO3. The van der Waals surface area contributed by atoms with Gasteiger partial charge in [0.2, 0.25) is 5.91 Å². The molecule has 1 spiro atoms. The predicted molar refractivity (Wildman–Crippen MR) is 93.5 cm³/mol. The molecule has 1 atom stereocenters. The minimum atomic E-state index is -0.228. The molecule has 2 aliphatic rings. The van der Waals surface area contributed by atoms with Gasteiger partial charge >= 0.3 is 0 Å². The highest BCUT2D eigenvalue weighted by molar-refractivity contribution is 5.80. The SMILES string of the molecule is CC[C@H](CO)C(=O)N1CC2(CCC(OC)(c3ccccc3)CC2)C1. The second kappa shape index (κ2) is 6.85. The Morgan fingerprint density at radius 2 is 1.83 bits per heavy atom. The molecule has 0 bridgehead atoms. The summed E-state index contributed by atoms with van der Waals surface area (Å²) in [6.07, 6.45) is 4.91. The molecule has 1 aromatic carbocycles. The molecule has 1 saturated heterocycles. The maximum absolute atomic E-state index is 12.4. The van der Waals surface area contributed by atoms with Gasteiger partial charge in [-0.15, -0.1) is 0 Å². The Balaban J connectivity index is 1.61. The average molecular weight is 331 g/mol. The summed E-state index contributed by atoms with van der Waals surface area (Å²) < 4.78 is 5.96. The van der Waals surface area contributed by atoms with E-state index >= 15 is 0 Å². The summed E-state index contributed by atoms with van der Waals surface area (Å²) in [7, 11) is 1.81. The summed E-state index contributed by atoms with van der Waals surface area (Å²) in [6.45, 7) is 3.61. The van der Waals surface area contributed by atoms with Gasteiger partial charge < -0.3 is 14.7 Å². The van der Waals surface area contributed by atoms with Crippen molar-refractivity contribution in [2.75, 3.05) is 26.8 Å². The number of carbonyl (C=O) groups excluding carboxylic acids is 1. The number of likely N-dealkylation sites (tertiary alicyclic amines) is 1. The highest BCUT2D eigenvalue weighted by Gasteiger charge is 2.51. The monoisotopic (exact) mass is 331 g/mol. The lowest BCUT2D eigenvalue weighted by atomic mass is 9.63. The molecule has 24 heavy (non-hydrogen) atoms. The van der Waals surface area contributed by atoms with Crippen molar-refractivity contribution < 1.29 is 14.6 Å². The zero-order valence-corrected chi connectivity index (χ0v) is 14.8. The maximum Gasteiger partial charge on any atom is 0.228 e. The van der Waals surface area contributed by atoms with Gasteiger partial charge in [0, 0.05) is 25.6 Å². The number of ether oxygens (including phenoxy) is 1. The number of aliphatic hydroxyl groups is 1. The van der Waals surface area contributed by atoms with Gasteiger partial charge in [-0.1, -0.05) is 37.3 Å². The molecule has 2 fully saturated rings. The van der Waals surface area contributed by atoms with E-state index in [1.54, 1.807) is 0 Å². The van der Waals surface area contributed by atoms with E-state index in [1.807, 2.05) is 25.0 Å². The van der Waals surface area contributed by atoms with Crippen molar-refractivity contribution >= 4 is 5.91 Å². The van der Waals surface area contributed by atoms with E-state index in [1.165, 1.54) is 5.56 Å². The molecule has 1 saturated carbocycles. The molecule has 0 aromatic heterocycles. The highest BCUT2D eigenvalue weighted by atomic mass is 16.5. The number of nitrogens with zero attached hydrogens (tertiary/aromatic N) is 1. The number of amides is 1. The standard InChI is InChI=1S/C20H29NO3/c1-3-16(13-22)18(23)21-14-19(15-21)9-11-20(24-2,12-10-19)17-7-5-4-6-8-17/h4-8,16,22H,3,9-15H2,1-2H3/t16-/m1/s1. The van der Waals surface area contributed by atoms with Crippen LogP contribution in [0.3, 0.4) is 0 Å². The van der Waals surface area contributed by atoms with Crippen LogP contribution in [-0.4, -0.2) is 42.7 Å². The normalized spacial score (nSPS) is 22.9. The van der Waals surface area contributed by atoms with Gasteiger partial charge in [0.05, 0.1) is 18.1 Å². The van der Waals surface area contributed by atoms with Crippen LogP contribution in [0.1, 0.15) is 44.6 Å². The number of benzene rings is 1. The third-order valence-electron chi connectivity index (χ3n) is 6.24. The summed E-state index contributed by atoms with van der Waals surface area (Å²) in [5.74, 6) is -0.106. The van der Waals surface area contributed by atoms with E-state index in [0.29, 0.717) is 6.42 Å². The molecule has 1 aliphatic heterocycles. The first kappa shape index (κ1) is 17.4. The zero-order valence-electron chi connectivity index (χ0n) is 14.8. The van der Waals surface area contributed by atoms with Crippen molar-refractivity contribution in [2.24, 2.45) is 11.3 Å². The summed E-state index contributed by atoms with van der Waals surface area (Å²) in [5.41, 5.74) is 1.36. The van der Waals surface area contributed by atoms with Crippen LogP contribution in [0.15, 0.2) is 30.3 Å². The van der Waals surface area contributed by atoms with E-state index in [9.17, 15) is 9.90 Å². The number of methoxy groups -OCH3 is 1. The first-order valence-electron chi connectivity index (χ1n) is 9.08. The average Bonchev–Trinajstić information content (AvgIpc) is 2.61. The van der Waals surface area contributed by atoms with E-state index in [2.05, 4.69) is 24.3 Å². The van der Waals surface area contributed by atoms with Crippen LogP contribution in [0, 0.1) is 11.3 Å². The van der Waals surface area contributed by atoms with Gasteiger partial charge in [0.1, 0.15) is 0 Å². The Labute approximate surface area is 144 Å². The minimum absolute atomic E-state index is 0.0420. The van der Waals surface area contributed by atoms with Crippen molar-refractivity contribution in [1.29, 1.82) is 0 Å². The minimum Gasteiger partial charge on any atom is -0.396 e. The molecule has 3 rings (SSSR count). The van der Waals surface area contributed by atoms with Gasteiger partial charge in [-0.25, -0.2) is 0 Å². The molecule has 132 valence electrons. The van der Waals surface area contributed by atoms with Gasteiger partial charge in [-0.3, -0.25) is 4.79 Å². The van der Waals surface area contributed by atoms with E-state index < -0.39 is 0 Å². The van der Waals surface area contributed by atoms with Gasteiger partial charge in [-0.2, -0.15) is 0 Å². The zero-order chi connectivity index (χ0) is 17.2. The quantitative estimate of drug-likeness (QED) is 0.902.